The van der Waals surface area contributed by atoms with Crippen LogP contribution in [0, 0.1) is 5.92 Å². The van der Waals surface area contributed by atoms with Crippen molar-refractivity contribution in [1.82, 2.24) is 30.3 Å². The molecule has 5 amide bonds. The third kappa shape index (κ3) is 12.1. The zero-order valence-corrected chi connectivity index (χ0v) is 35.4. The Labute approximate surface area is 359 Å². The van der Waals surface area contributed by atoms with Crippen LogP contribution in [0.5, 0.6) is 5.75 Å². The summed E-state index contributed by atoms with van der Waals surface area (Å²) in [5, 5.41) is 5.32. The van der Waals surface area contributed by atoms with E-state index in [4.69, 9.17) is 4.74 Å². The lowest BCUT2D eigenvalue weighted by Crippen LogP contribution is -2.52. The molecule has 4 aliphatic rings. The number of nitrogens with zero attached hydrogens (tertiary/aromatic N) is 5. The molecule has 5 heterocycles. The lowest BCUT2D eigenvalue weighted by atomic mass is 9.91. The lowest BCUT2D eigenvalue weighted by molar-refractivity contribution is -0.137. The number of imide groups is 1. The highest BCUT2D eigenvalue weighted by Crippen LogP contribution is 2.34. The molecule has 0 saturated carbocycles. The molecule has 2 N–H and O–H groups in total. The molecule has 324 valence electrons. The van der Waals surface area contributed by atoms with Gasteiger partial charge in [-0.25, -0.2) is 0 Å². The van der Waals surface area contributed by atoms with E-state index in [1.54, 1.807) is 35.5 Å². The first kappa shape index (κ1) is 43.5. The Kier molecular flexibility index (Phi) is 15.6. The number of hydrogen-bond donors (Lipinski definition) is 2. The van der Waals surface area contributed by atoms with Crippen molar-refractivity contribution in [3.8, 4) is 5.75 Å². The van der Waals surface area contributed by atoms with Gasteiger partial charge in [0.1, 0.15) is 11.8 Å². The molecule has 1 aromatic heterocycles. The standard InChI is InChI=1S/C48H61N7O6/c56-44(20-14-37-11-9-24-49-34-37)50-25-5-4-10-36-22-27-54(28-23-36)47(59)38-15-17-39(18-16-38)53-31-29-52(30-32-53)26-6-2-1-3-7-33-61-43-13-8-12-40-41(43)35-55(48(40)60)42-19-21-45(57)51-46(42)58/h8-9,11-18,20,24,34,36,42H,1-7,10,19,21-23,25-33,35H2,(H,50,56)(H,51,57,58)/b20-14+. The first-order chi connectivity index (χ1) is 29.8. The normalized spacial score (nSPS) is 18.7. The number of benzene rings is 2. The van der Waals surface area contributed by atoms with Gasteiger partial charge in [-0.15, -0.1) is 0 Å². The van der Waals surface area contributed by atoms with Crippen LogP contribution >= 0.6 is 0 Å². The van der Waals surface area contributed by atoms with Gasteiger partial charge in [0, 0.05) is 93.1 Å². The van der Waals surface area contributed by atoms with Crippen LogP contribution < -0.4 is 20.3 Å². The van der Waals surface area contributed by atoms with Crippen LogP contribution in [-0.2, 0) is 20.9 Å². The van der Waals surface area contributed by atoms with Gasteiger partial charge in [0.25, 0.3) is 11.8 Å². The van der Waals surface area contributed by atoms with Gasteiger partial charge in [-0.3, -0.25) is 39.2 Å². The molecule has 61 heavy (non-hydrogen) atoms. The molecule has 3 aromatic rings. The van der Waals surface area contributed by atoms with Crippen LogP contribution in [0.1, 0.15) is 109 Å². The third-order valence-electron chi connectivity index (χ3n) is 12.6. The number of hydrogen-bond acceptors (Lipinski definition) is 9. The summed E-state index contributed by atoms with van der Waals surface area (Å²) in [7, 11) is 0. The van der Waals surface area contributed by atoms with Crippen molar-refractivity contribution in [2.75, 3.05) is 63.9 Å². The number of nitrogens with one attached hydrogen (secondary N) is 2. The van der Waals surface area contributed by atoms with Crippen LogP contribution in [0.3, 0.4) is 0 Å². The topological polar surface area (TPSA) is 144 Å². The summed E-state index contributed by atoms with van der Waals surface area (Å²) >= 11 is 0. The Morgan fingerprint density at radius 3 is 2.39 bits per heavy atom. The van der Waals surface area contributed by atoms with Crippen molar-refractivity contribution in [2.45, 2.75) is 89.6 Å². The fraction of sp³-hybridized carbons (Fsp3) is 0.500. The second-order valence-electron chi connectivity index (χ2n) is 16.8. The van der Waals surface area contributed by atoms with Crippen molar-refractivity contribution in [3.63, 3.8) is 0 Å². The van der Waals surface area contributed by atoms with E-state index in [-0.39, 0.29) is 30.0 Å². The highest BCUT2D eigenvalue weighted by molar-refractivity contribution is 6.05. The number of carbonyl (C=O) groups is 5. The van der Waals surface area contributed by atoms with E-state index < -0.39 is 11.9 Å². The predicted octanol–water partition coefficient (Wildman–Crippen LogP) is 5.85. The second-order valence-corrected chi connectivity index (χ2v) is 16.8. The molecular formula is C48H61N7O6. The Bertz CT molecular complexity index is 1990. The summed E-state index contributed by atoms with van der Waals surface area (Å²) in [4.78, 5) is 75.1. The van der Waals surface area contributed by atoms with E-state index in [0.717, 1.165) is 114 Å². The van der Waals surface area contributed by atoms with Gasteiger partial charge in [-0.2, -0.15) is 0 Å². The van der Waals surface area contributed by atoms with E-state index in [1.807, 2.05) is 41.3 Å². The molecule has 13 nitrogen and oxygen atoms in total. The summed E-state index contributed by atoms with van der Waals surface area (Å²) in [6.07, 6.45) is 18.1. The number of rotatable bonds is 19. The number of anilines is 1. The monoisotopic (exact) mass is 831 g/mol. The summed E-state index contributed by atoms with van der Waals surface area (Å²) < 4.78 is 6.13. The van der Waals surface area contributed by atoms with Gasteiger partial charge in [0.15, 0.2) is 0 Å². The lowest BCUT2D eigenvalue weighted by Gasteiger charge is -2.36. The van der Waals surface area contributed by atoms with Gasteiger partial charge < -0.3 is 24.8 Å². The summed E-state index contributed by atoms with van der Waals surface area (Å²) in [6, 6.07) is 16.8. The summed E-state index contributed by atoms with van der Waals surface area (Å²) in [5.41, 5.74) is 4.24. The van der Waals surface area contributed by atoms with Crippen molar-refractivity contribution in [3.05, 3.63) is 95.3 Å². The second kappa shape index (κ2) is 21.8. The Balaban J connectivity index is 0.711. The highest BCUT2D eigenvalue weighted by Gasteiger charge is 2.40. The number of carbonyl (C=O) groups excluding carboxylic acids is 5. The molecule has 0 radical (unpaired) electrons. The van der Waals surface area contributed by atoms with Crippen molar-refractivity contribution < 1.29 is 28.7 Å². The van der Waals surface area contributed by atoms with Gasteiger partial charge in [0.2, 0.25) is 17.7 Å². The molecule has 7 rings (SSSR count). The van der Waals surface area contributed by atoms with Gasteiger partial charge in [-0.1, -0.05) is 44.2 Å². The minimum atomic E-state index is -0.629. The zero-order valence-electron chi connectivity index (χ0n) is 35.4. The maximum absolute atomic E-state index is 13.3. The molecule has 1 unspecified atom stereocenters. The number of amides is 5. The van der Waals surface area contributed by atoms with E-state index in [0.29, 0.717) is 43.3 Å². The maximum atomic E-state index is 13.3. The fourth-order valence-electron chi connectivity index (χ4n) is 8.97. The van der Waals surface area contributed by atoms with E-state index >= 15 is 0 Å². The number of pyridine rings is 1. The van der Waals surface area contributed by atoms with Crippen LogP contribution in [-0.4, -0.2) is 114 Å². The van der Waals surface area contributed by atoms with Gasteiger partial charge >= 0.3 is 0 Å². The molecule has 2 aromatic carbocycles. The molecule has 3 fully saturated rings. The van der Waals surface area contributed by atoms with E-state index in [2.05, 4.69) is 37.6 Å². The minimum Gasteiger partial charge on any atom is -0.493 e. The summed E-state index contributed by atoms with van der Waals surface area (Å²) in [6.45, 7) is 8.30. The average Bonchev–Trinajstić information content (AvgIpc) is 3.63. The number of aromatic nitrogens is 1. The average molecular weight is 832 g/mol. The molecule has 0 spiro atoms. The molecule has 4 aliphatic heterocycles. The first-order valence-corrected chi connectivity index (χ1v) is 22.4. The van der Waals surface area contributed by atoms with Crippen molar-refractivity contribution >= 4 is 41.3 Å². The number of fused-ring (bicyclic) bond motifs is 1. The SMILES string of the molecule is O=C(/C=C/c1cccnc1)NCCCCC1CCN(C(=O)c2ccc(N3CCN(CCCCCCCOc4cccc5c4CN(C4CCC(=O)NC4=O)C5=O)CC3)cc2)CC1. The first-order valence-electron chi connectivity index (χ1n) is 22.4. The van der Waals surface area contributed by atoms with Gasteiger partial charge in [0.05, 0.1) is 13.2 Å². The van der Waals surface area contributed by atoms with Crippen LogP contribution in [0.25, 0.3) is 6.08 Å². The van der Waals surface area contributed by atoms with Crippen LogP contribution in [0.2, 0.25) is 0 Å². The number of ether oxygens (including phenoxy) is 1. The third-order valence-corrected chi connectivity index (χ3v) is 12.6. The van der Waals surface area contributed by atoms with Crippen LogP contribution in [0.4, 0.5) is 5.69 Å². The van der Waals surface area contributed by atoms with E-state index in [1.165, 1.54) is 18.5 Å². The number of piperidine rings is 2. The summed E-state index contributed by atoms with van der Waals surface area (Å²) in [5.74, 6) is 0.493. The zero-order chi connectivity index (χ0) is 42.4. The molecule has 1 atom stereocenters. The predicted molar refractivity (Wildman–Crippen MR) is 235 cm³/mol. The minimum absolute atomic E-state index is 0.0821. The smallest absolute Gasteiger partial charge is 0.255 e. The van der Waals surface area contributed by atoms with Crippen molar-refractivity contribution in [1.29, 1.82) is 0 Å². The molecule has 13 heteroatoms. The number of likely N-dealkylation sites (tertiary alicyclic amines) is 1. The highest BCUT2D eigenvalue weighted by atomic mass is 16.5. The Morgan fingerprint density at radius 1 is 0.836 bits per heavy atom. The van der Waals surface area contributed by atoms with E-state index in [9.17, 15) is 24.0 Å². The van der Waals surface area contributed by atoms with Crippen LogP contribution in [0.15, 0.2) is 73.1 Å². The quantitative estimate of drug-likeness (QED) is 0.0865. The molecular weight excluding hydrogens is 771 g/mol. The molecule has 0 bridgehead atoms. The Morgan fingerprint density at radius 2 is 1.62 bits per heavy atom. The fourth-order valence-corrected chi connectivity index (χ4v) is 8.97. The van der Waals surface area contributed by atoms with Crippen molar-refractivity contribution in [2.24, 2.45) is 5.92 Å². The number of unbranched alkanes of at least 4 members (excludes halogenated alkanes) is 5. The van der Waals surface area contributed by atoms with Gasteiger partial charge in [-0.05, 0) is 105 Å². The maximum Gasteiger partial charge on any atom is 0.255 e. The molecule has 0 aliphatic carbocycles. The molecule has 3 saturated heterocycles. The largest absolute Gasteiger partial charge is 0.493 e. The Hall–Kier alpha value is -5.56. The number of piperazine rings is 1.